The topological polar surface area (TPSA) is 98.7 Å². The molecule has 1 saturated heterocycles. The molecule has 2 N–H and O–H groups in total. The number of hydrogen-bond acceptors (Lipinski definition) is 7. The fraction of sp³-hybridized carbons (Fsp3) is 0.214. The van der Waals surface area contributed by atoms with Crippen molar-refractivity contribution in [1.82, 2.24) is 19.9 Å². The van der Waals surface area contributed by atoms with E-state index >= 15 is 0 Å². The maximum Gasteiger partial charge on any atom is 0.246 e. The highest BCUT2D eigenvalue weighted by atomic mass is 16.5. The van der Waals surface area contributed by atoms with Gasteiger partial charge < -0.3 is 19.9 Å². The second kappa shape index (κ2) is 9.77. The molecule has 9 nitrogen and oxygen atoms in total. The number of likely N-dealkylation sites (tertiary alicyclic amines) is 1. The summed E-state index contributed by atoms with van der Waals surface area (Å²) in [6.45, 7) is 3.22. The van der Waals surface area contributed by atoms with E-state index in [0.717, 1.165) is 58.3 Å². The minimum Gasteiger partial charge on any atom is -0.457 e. The monoisotopic (exact) mass is 493 g/mol. The number of piperidine rings is 1. The predicted octanol–water partition coefficient (Wildman–Crippen LogP) is 4.91. The van der Waals surface area contributed by atoms with Gasteiger partial charge in [0.1, 0.15) is 23.5 Å². The molecule has 4 heterocycles. The van der Waals surface area contributed by atoms with Gasteiger partial charge in [-0.3, -0.25) is 4.79 Å². The lowest BCUT2D eigenvalue weighted by molar-refractivity contribution is -0.127. The van der Waals surface area contributed by atoms with E-state index in [9.17, 15) is 4.79 Å². The van der Waals surface area contributed by atoms with Crippen LogP contribution in [0.4, 0.5) is 11.5 Å². The number of H-pyrrole nitrogens is 1. The Balaban J connectivity index is 1.25. The number of rotatable bonds is 5. The number of amidine groups is 1. The van der Waals surface area contributed by atoms with Crippen LogP contribution in [0.1, 0.15) is 25.3 Å². The number of anilines is 2. The largest absolute Gasteiger partial charge is 0.457 e. The van der Waals surface area contributed by atoms with Gasteiger partial charge >= 0.3 is 0 Å². The molecule has 0 saturated carbocycles. The zero-order valence-electron chi connectivity index (χ0n) is 20.5. The lowest BCUT2D eigenvalue weighted by Gasteiger charge is -2.37. The number of hydrogen-bond donors (Lipinski definition) is 2. The van der Waals surface area contributed by atoms with E-state index in [1.807, 2.05) is 77.6 Å². The summed E-state index contributed by atoms with van der Waals surface area (Å²) < 4.78 is 5.92. The Morgan fingerprint density at radius 2 is 1.81 bits per heavy atom. The van der Waals surface area contributed by atoms with Gasteiger partial charge in [0.15, 0.2) is 11.7 Å². The number of amides is 1. The summed E-state index contributed by atoms with van der Waals surface area (Å²) >= 11 is 0. The van der Waals surface area contributed by atoms with Crippen LogP contribution in [-0.2, 0) is 4.79 Å². The molecule has 0 atom stereocenters. The van der Waals surface area contributed by atoms with Gasteiger partial charge in [0.05, 0.1) is 11.4 Å². The molecule has 0 spiro atoms. The van der Waals surface area contributed by atoms with Gasteiger partial charge in [-0.1, -0.05) is 24.3 Å². The van der Waals surface area contributed by atoms with Crippen LogP contribution in [0.3, 0.4) is 0 Å². The summed E-state index contributed by atoms with van der Waals surface area (Å²) in [7, 11) is 0. The average molecular weight is 494 g/mol. The SMILES string of the molecule is CC=CC(=O)N1CCC(N2N=C(Nc3ccc(Oc4ccccc4)cc3)c3c[nH]c4ncnc2c34)CC1. The first kappa shape index (κ1) is 22.8. The zero-order chi connectivity index (χ0) is 25.2. The van der Waals surface area contributed by atoms with Gasteiger partial charge in [-0.15, -0.1) is 0 Å². The summed E-state index contributed by atoms with van der Waals surface area (Å²) in [5.41, 5.74) is 2.58. The summed E-state index contributed by atoms with van der Waals surface area (Å²) in [5, 5.41) is 11.4. The quantitative estimate of drug-likeness (QED) is 0.383. The number of nitrogens with zero attached hydrogens (tertiary/aromatic N) is 5. The molecule has 0 aliphatic carbocycles. The summed E-state index contributed by atoms with van der Waals surface area (Å²) in [6, 6.07) is 17.6. The van der Waals surface area contributed by atoms with E-state index in [-0.39, 0.29) is 11.9 Å². The van der Waals surface area contributed by atoms with Crippen LogP contribution in [0.25, 0.3) is 11.0 Å². The molecular weight excluding hydrogens is 466 g/mol. The molecule has 0 bridgehead atoms. The van der Waals surface area contributed by atoms with Crippen LogP contribution in [0, 0.1) is 0 Å². The van der Waals surface area contributed by atoms with Crippen molar-refractivity contribution in [2.75, 3.05) is 23.4 Å². The van der Waals surface area contributed by atoms with Crippen molar-refractivity contribution in [3.05, 3.63) is 84.8 Å². The van der Waals surface area contributed by atoms with Crippen LogP contribution in [0.5, 0.6) is 11.5 Å². The van der Waals surface area contributed by atoms with Gasteiger partial charge in [0.2, 0.25) is 5.91 Å². The van der Waals surface area contributed by atoms with E-state index < -0.39 is 0 Å². The fourth-order valence-corrected chi connectivity index (χ4v) is 4.81. The molecule has 186 valence electrons. The first-order chi connectivity index (χ1) is 18.2. The maximum absolute atomic E-state index is 12.3. The third-order valence-corrected chi connectivity index (χ3v) is 6.66. The zero-order valence-corrected chi connectivity index (χ0v) is 20.5. The number of allylic oxidation sites excluding steroid dienone is 1. The fourth-order valence-electron chi connectivity index (χ4n) is 4.81. The Labute approximate surface area is 214 Å². The number of carbonyl (C=O) groups is 1. The van der Waals surface area contributed by atoms with Crippen molar-refractivity contribution < 1.29 is 9.53 Å². The normalized spacial score (nSPS) is 15.8. The number of nitrogens with one attached hydrogen (secondary N) is 2. The summed E-state index contributed by atoms with van der Waals surface area (Å²) in [6.07, 6.45) is 8.49. The molecule has 2 aliphatic rings. The van der Waals surface area contributed by atoms with Crippen molar-refractivity contribution in [2.45, 2.75) is 25.8 Å². The number of para-hydroxylation sites is 1. The molecule has 37 heavy (non-hydrogen) atoms. The van der Waals surface area contributed by atoms with Crippen molar-refractivity contribution in [1.29, 1.82) is 0 Å². The number of benzene rings is 2. The van der Waals surface area contributed by atoms with Crippen molar-refractivity contribution in [2.24, 2.45) is 5.10 Å². The Morgan fingerprint density at radius 1 is 1.05 bits per heavy atom. The molecular formula is C28H27N7O2. The van der Waals surface area contributed by atoms with Crippen LogP contribution < -0.4 is 15.1 Å². The second-order valence-electron chi connectivity index (χ2n) is 9.04. The Hall–Kier alpha value is -4.66. The molecule has 0 radical (unpaired) electrons. The number of hydrazone groups is 1. The molecule has 0 unspecified atom stereocenters. The van der Waals surface area contributed by atoms with E-state index in [0.29, 0.717) is 13.1 Å². The van der Waals surface area contributed by atoms with Gasteiger partial charge in [-0.05, 0) is 62.2 Å². The molecule has 9 heteroatoms. The van der Waals surface area contributed by atoms with Crippen molar-refractivity contribution in [3.63, 3.8) is 0 Å². The van der Waals surface area contributed by atoms with E-state index in [4.69, 9.17) is 9.84 Å². The van der Waals surface area contributed by atoms with Crippen LogP contribution in [-0.4, -0.2) is 50.7 Å². The molecule has 6 rings (SSSR count). The maximum atomic E-state index is 12.3. The Bertz CT molecular complexity index is 1470. The molecule has 2 aromatic carbocycles. The first-order valence-electron chi connectivity index (χ1n) is 12.4. The van der Waals surface area contributed by atoms with Crippen LogP contribution >= 0.6 is 0 Å². The number of carbonyl (C=O) groups excluding carboxylic acids is 1. The highest BCUT2D eigenvalue weighted by Crippen LogP contribution is 2.35. The minimum atomic E-state index is 0.0579. The highest BCUT2D eigenvalue weighted by molar-refractivity contribution is 6.19. The lowest BCUT2D eigenvalue weighted by Crippen LogP contribution is -2.46. The van der Waals surface area contributed by atoms with E-state index in [2.05, 4.69) is 20.3 Å². The number of ether oxygens (including phenoxy) is 1. The van der Waals surface area contributed by atoms with Crippen LogP contribution in [0.15, 0.2) is 84.4 Å². The van der Waals surface area contributed by atoms with Gasteiger partial charge in [-0.2, -0.15) is 5.10 Å². The van der Waals surface area contributed by atoms with Crippen molar-refractivity contribution >= 4 is 34.3 Å². The van der Waals surface area contributed by atoms with Crippen molar-refractivity contribution in [3.8, 4) is 11.5 Å². The summed E-state index contributed by atoms with van der Waals surface area (Å²) in [5.74, 6) is 3.11. The molecule has 2 aromatic heterocycles. The molecule has 4 aromatic rings. The predicted molar refractivity (Wildman–Crippen MR) is 144 cm³/mol. The van der Waals surface area contributed by atoms with Gasteiger partial charge in [-0.25, -0.2) is 15.0 Å². The second-order valence-corrected chi connectivity index (χ2v) is 9.04. The third-order valence-electron chi connectivity index (χ3n) is 6.66. The third kappa shape index (κ3) is 4.51. The molecule has 2 aliphatic heterocycles. The number of aromatic amines is 1. The smallest absolute Gasteiger partial charge is 0.246 e. The Morgan fingerprint density at radius 3 is 2.57 bits per heavy atom. The molecule has 1 fully saturated rings. The van der Waals surface area contributed by atoms with Gasteiger partial charge in [0.25, 0.3) is 0 Å². The summed E-state index contributed by atoms with van der Waals surface area (Å²) in [4.78, 5) is 26.5. The Kier molecular flexibility index (Phi) is 6.02. The van der Waals surface area contributed by atoms with E-state index in [1.54, 1.807) is 18.5 Å². The van der Waals surface area contributed by atoms with Crippen LogP contribution in [0.2, 0.25) is 0 Å². The lowest BCUT2D eigenvalue weighted by atomic mass is 10.0. The average Bonchev–Trinajstić information content (AvgIpc) is 3.38. The first-order valence-corrected chi connectivity index (χ1v) is 12.4. The highest BCUT2D eigenvalue weighted by Gasteiger charge is 2.32. The van der Waals surface area contributed by atoms with E-state index in [1.165, 1.54) is 0 Å². The minimum absolute atomic E-state index is 0.0579. The standard InChI is InChI=1S/C28H27N7O2/c1-2-6-24(36)34-15-13-20(14-16-34)35-28-25-23(17-29-27(25)30-18-31-28)26(33-35)32-19-9-11-22(12-10-19)37-21-7-4-3-5-8-21/h2-12,17-18,20H,13-16H2,1H3,(H,32,33)(H,29,30,31). The number of aromatic nitrogens is 3. The van der Waals surface area contributed by atoms with Gasteiger partial charge in [0, 0.05) is 30.5 Å². The molecule has 1 amide bonds.